The first-order chi connectivity index (χ1) is 9.72. The standard InChI is InChI=1S/C16H26N2O2/c1-4-18(5-2)12-8-11-17-13-14-9-6-7-10-15(14)16(19)20-3/h6-7,9-10,17H,4-5,8,11-13H2,1-3H3. The van der Waals surface area contributed by atoms with Crippen LogP contribution in [-0.2, 0) is 11.3 Å². The van der Waals surface area contributed by atoms with Crippen LogP contribution in [0.4, 0.5) is 0 Å². The first kappa shape index (κ1) is 16.7. The topological polar surface area (TPSA) is 41.6 Å². The van der Waals surface area contributed by atoms with Crippen molar-refractivity contribution >= 4 is 5.97 Å². The van der Waals surface area contributed by atoms with E-state index in [1.165, 1.54) is 7.11 Å². The van der Waals surface area contributed by atoms with Crippen LogP contribution in [0.5, 0.6) is 0 Å². The number of methoxy groups -OCH3 is 1. The molecule has 1 N–H and O–H groups in total. The van der Waals surface area contributed by atoms with Gasteiger partial charge in [-0.1, -0.05) is 32.0 Å². The SMILES string of the molecule is CCN(CC)CCCNCc1ccccc1C(=O)OC. The van der Waals surface area contributed by atoms with Gasteiger partial charge in [0.1, 0.15) is 0 Å². The molecule has 0 heterocycles. The Hall–Kier alpha value is -1.39. The first-order valence-electron chi connectivity index (χ1n) is 7.32. The second-order valence-electron chi connectivity index (χ2n) is 4.71. The van der Waals surface area contributed by atoms with Crippen molar-refractivity contribution < 1.29 is 9.53 Å². The van der Waals surface area contributed by atoms with Gasteiger partial charge in [-0.05, 0) is 44.2 Å². The highest BCUT2D eigenvalue weighted by molar-refractivity contribution is 5.90. The van der Waals surface area contributed by atoms with Crippen molar-refractivity contribution in [3.63, 3.8) is 0 Å². The number of nitrogens with zero attached hydrogens (tertiary/aromatic N) is 1. The maximum Gasteiger partial charge on any atom is 0.338 e. The van der Waals surface area contributed by atoms with Crippen molar-refractivity contribution in [2.45, 2.75) is 26.8 Å². The molecule has 0 atom stereocenters. The van der Waals surface area contributed by atoms with Crippen LogP contribution >= 0.6 is 0 Å². The minimum absolute atomic E-state index is 0.273. The highest BCUT2D eigenvalue weighted by Crippen LogP contribution is 2.09. The van der Waals surface area contributed by atoms with Crippen molar-refractivity contribution in [1.29, 1.82) is 0 Å². The fraction of sp³-hybridized carbons (Fsp3) is 0.562. The van der Waals surface area contributed by atoms with E-state index in [2.05, 4.69) is 24.1 Å². The summed E-state index contributed by atoms with van der Waals surface area (Å²) in [5, 5.41) is 3.39. The molecule has 0 saturated carbocycles. The van der Waals surface area contributed by atoms with Gasteiger partial charge in [0.2, 0.25) is 0 Å². The van der Waals surface area contributed by atoms with E-state index in [-0.39, 0.29) is 5.97 Å². The van der Waals surface area contributed by atoms with Crippen LogP contribution in [0.2, 0.25) is 0 Å². The van der Waals surface area contributed by atoms with E-state index >= 15 is 0 Å². The minimum atomic E-state index is -0.273. The molecular weight excluding hydrogens is 252 g/mol. The van der Waals surface area contributed by atoms with Crippen molar-refractivity contribution in [2.24, 2.45) is 0 Å². The van der Waals surface area contributed by atoms with Crippen molar-refractivity contribution in [3.05, 3.63) is 35.4 Å². The highest BCUT2D eigenvalue weighted by atomic mass is 16.5. The molecule has 0 radical (unpaired) electrons. The zero-order chi connectivity index (χ0) is 14.8. The number of rotatable bonds is 9. The van der Waals surface area contributed by atoms with Gasteiger partial charge in [0.05, 0.1) is 12.7 Å². The first-order valence-corrected chi connectivity index (χ1v) is 7.32. The zero-order valence-electron chi connectivity index (χ0n) is 12.8. The molecule has 1 rings (SSSR count). The third kappa shape index (κ3) is 5.31. The Morgan fingerprint density at radius 3 is 2.60 bits per heavy atom. The Kier molecular flexibility index (Phi) is 7.92. The largest absolute Gasteiger partial charge is 0.465 e. The number of hydrogen-bond acceptors (Lipinski definition) is 4. The molecule has 0 aliphatic rings. The van der Waals surface area contributed by atoms with Crippen LogP contribution in [0.15, 0.2) is 24.3 Å². The van der Waals surface area contributed by atoms with E-state index in [4.69, 9.17) is 4.74 Å². The number of nitrogens with one attached hydrogen (secondary N) is 1. The maximum absolute atomic E-state index is 11.6. The van der Waals surface area contributed by atoms with Crippen molar-refractivity contribution in [2.75, 3.05) is 33.3 Å². The monoisotopic (exact) mass is 278 g/mol. The Morgan fingerprint density at radius 2 is 1.95 bits per heavy atom. The molecule has 1 aromatic carbocycles. The smallest absolute Gasteiger partial charge is 0.338 e. The number of carbonyl (C=O) groups excluding carboxylic acids is 1. The predicted molar refractivity (Wildman–Crippen MR) is 81.9 cm³/mol. The van der Waals surface area contributed by atoms with E-state index in [0.717, 1.165) is 38.2 Å². The summed E-state index contributed by atoms with van der Waals surface area (Å²) >= 11 is 0. The second-order valence-corrected chi connectivity index (χ2v) is 4.71. The molecule has 0 amide bonds. The Balaban J connectivity index is 2.37. The maximum atomic E-state index is 11.6. The molecule has 112 valence electrons. The quantitative estimate of drug-likeness (QED) is 0.556. The molecule has 4 nitrogen and oxygen atoms in total. The third-order valence-corrected chi connectivity index (χ3v) is 3.46. The fourth-order valence-corrected chi connectivity index (χ4v) is 2.17. The number of hydrogen-bond donors (Lipinski definition) is 1. The zero-order valence-corrected chi connectivity index (χ0v) is 12.8. The van der Waals surface area contributed by atoms with Gasteiger partial charge in [0.15, 0.2) is 0 Å². The molecule has 0 fully saturated rings. The van der Waals surface area contributed by atoms with E-state index in [1.54, 1.807) is 6.07 Å². The molecular formula is C16H26N2O2. The molecule has 0 aliphatic carbocycles. The number of esters is 1. The van der Waals surface area contributed by atoms with Crippen LogP contribution in [0, 0.1) is 0 Å². The van der Waals surface area contributed by atoms with Crippen LogP contribution in [0.25, 0.3) is 0 Å². The summed E-state index contributed by atoms with van der Waals surface area (Å²) in [6.45, 7) is 9.32. The molecule has 4 heteroatoms. The number of ether oxygens (including phenoxy) is 1. The van der Waals surface area contributed by atoms with Gasteiger partial charge in [-0.2, -0.15) is 0 Å². The normalized spacial score (nSPS) is 10.8. The molecule has 0 saturated heterocycles. The lowest BCUT2D eigenvalue weighted by molar-refractivity contribution is 0.0599. The summed E-state index contributed by atoms with van der Waals surface area (Å²) in [7, 11) is 1.41. The van der Waals surface area contributed by atoms with Crippen LogP contribution in [-0.4, -0.2) is 44.2 Å². The van der Waals surface area contributed by atoms with Crippen molar-refractivity contribution in [3.8, 4) is 0 Å². The second kappa shape index (κ2) is 9.50. The van der Waals surface area contributed by atoms with Crippen molar-refractivity contribution in [1.82, 2.24) is 10.2 Å². The average Bonchev–Trinajstić information content (AvgIpc) is 2.50. The Labute approximate surface area is 122 Å². The van der Waals surface area contributed by atoms with Gasteiger partial charge in [-0.15, -0.1) is 0 Å². The lowest BCUT2D eigenvalue weighted by Crippen LogP contribution is -2.27. The third-order valence-electron chi connectivity index (χ3n) is 3.46. The summed E-state index contributed by atoms with van der Waals surface area (Å²) in [6.07, 6.45) is 1.11. The van der Waals surface area contributed by atoms with Gasteiger partial charge in [0, 0.05) is 6.54 Å². The summed E-state index contributed by atoms with van der Waals surface area (Å²) in [5.74, 6) is -0.273. The van der Waals surface area contributed by atoms with Gasteiger partial charge >= 0.3 is 5.97 Å². The van der Waals surface area contributed by atoms with Crippen LogP contribution < -0.4 is 5.32 Å². The predicted octanol–water partition coefficient (Wildman–Crippen LogP) is 2.29. The summed E-state index contributed by atoms with van der Waals surface area (Å²) in [4.78, 5) is 14.0. The summed E-state index contributed by atoms with van der Waals surface area (Å²) in [6, 6.07) is 7.57. The number of benzene rings is 1. The molecule has 1 aromatic rings. The van der Waals surface area contributed by atoms with E-state index in [0.29, 0.717) is 12.1 Å². The molecule has 0 spiro atoms. The Morgan fingerprint density at radius 1 is 1.25 bits per heavy atom. The van der Waals surface area contributed by atoms with Gasteiger partial charge in [-0.25, -0.2) is 4.79 Å². The molecule has 20 heavy (non-hydrogen) atoms. The van der Waals surface area contributed by atoms with E-state index in [1.807, 2.05) is 18.2 Å². The van der Waals surface area contributed by atoms with E-state index in [9.17, 15) is 4.79 Å². The number of carbonyl (C=O) groups is 1. The summed E-state index contributed by atoms with van der Waals surface area (Å²) < 4.78 is 4.79. The highest BCUT2D eigenvalue weighted by Gasteiger charge is 2.10. The minimum Gasteiger partial charge on any atom is -0.465 e. The molecule has 0 bridgehead atoms. The summed E-state index contributed by atoms with van der Waals surface area (Å²) in [5.41, 5.74) is 1.63. The lowest BCUT2D eigenvalue weighted by Gasteiger charge is -2.17. The van der Waals surface area contributed by atoms with Crippen LogP contribution in [0.1, 0.15) is 36.2 Å². The van der Waals surface area contributed by atoms with Gasteiger partial charge in [-0.3, -0.25) is 0 Å². The molecule has 0 unspecified atom stereocenters. The Bertz CT molecular complexity index is 403. The van der Waals surface area contributed by atoms with Gasteiger partial charge < -0.3 is 15.0 Å². The fourth-order valence-electron chi connectivity index (χ4n) is 2.17. The lowest BCUT2D eigenvalue weighted by atomic mass is 10.1. The van der Waals surface area contributed by atoms with Crippen LogP contribution in [0.3, 0.4) is 0 Å². The molecule has 0 aliphatic heterocycles. The van der Waals surface area contributed by atoms with Gasteiger partial charge in [0.25, 0.3) is 0 Å². The van der Waals surface area contributed by atoms with E-state index < -0.39 is 0 Å². The average molecular weight is 278 g/mol. The molecule has 0 aromatic heterocycles.